The molecular weight excluding hydrogens is 811 g/mol. The number of carboxylic acids is 1. The van der Waals surface area contributed by atoms with E-state index in [0.717, 1.165) is 35.9 Å². The molecule has 6 N–H and O–H groups in total. The van der Waals surface area contributed by atoms with Crippen LogP contribution in [0.1, 0.15) is 50.8 Å². The minimum atomic E-state index is -5.58. The Morgan fingerprint density at radius 2 is 1.85 bits per heavy atom. The number of alkyl halides is 3. The molecule has 0 fully saturated rings. The van der Waals surface area contributed by atoms with E-state index in [1.54, 1.807) is 12.1 Å². The van der Waals surface area contributed by atoms with Gasteiger partial charge in [0.1, 0.15) is 33.9 Å². The summed E-state index contributed by atoms with van der Waals surface area (Å²) in [4.78, 5) is 44.7. The number of aromatic carboxylic acids is 1. The van der Waals surface area contributed by atoms with E-state index in [1.165, 1.54) is 29.6 Å². The van der Waals surface area contributed by atoms with Crippen LogP contribution in [-0.4, -0.2) is 58.0 Å². The Balaban J connectivity index is 0.00000650. The summed E-state index contributed by atoms with van der Waals surface area (Å²) in [5.74, 6) is -12.5. The van der Waals surface area contributed by atoms with Crippen molar-refractivity contribution >= 4 is 35.6 Å². The first-order valence-corrected chi connectivity index (χ1v) is 16.3. The molecule has 20 heteroatoms. The molecule has 0 saturated carbocycles. The van der Waals surface area contributed by atoms with Crippen molar-refractivity contribution in [2.45, 2.75) is 42.8 Å². The first-order chi connectivity index (χ1) is 25.1. The molecule has 0 aliphatic carbocycles. The number of carbonyl (C=O) groups is 3. The van der Waals surface area contributed by atoms with Gasteiger partial charge in [0.15, 0.2) is 0 Å². The number of aliphatic hydroxyl groups is 1. The molecule has 54 heavy (non-hydrogen) atoms. The molecule has 5 rings (SSSR count). The molecule has 1 aliphatic rings. The Kier molecular flexibility index (Phi) is 12.9. The maximum Gasteiger partial charge on any atom is 0.491 e. The topological polar surface area (TPSA) is 211 Å². The van der Waals surface area contributed by atoms with Crippen molar-refractivity contribution in [2.75, 3.05) is 6.54 Å². The molecular formula is C34H27BrF5N6O7S. The summed E-state index contributed by atoms with van der Waals surface area (Å²) in [5, 5.41) is 33.5. The maximum atomic E-state index is 15.8. The van der Waals surface area contributed by atoms with Gasteiger partial charge in [0.05, 0.1) is 29.4 Å². The van der Waals surface area contributed by atoms with Gasteiger partial charge in [0.2, 0.25) is 0 Å². The van der Waals surface area contributed by atoms with E-state index < -0.39 is 71.6 Å². The zero-order valence-corrected chi connectivity index (χ0v) is 29.8. The van der Waals surface area contributed by atoms with Crippen molar-refractivity contribution in [2.24, 2.45) is 5.73 Å². The number of aromatic nitrogens is 1. The third kappa shape index (κ3) is 8.72. The number of nitriles is 1. The number of hydrazine groups is 1. The first kappa shape index (κ1) is 41.4. The van der Waals surface area contributed by atoms with Crippen LogP contribution in [0.25, 0.3) is 11.3 Å². The normalized spacial score (nSPS) is 16.6. The van der Waals surface area contributed by atoms with Crippen LogP contribution in [0.4, 0.5) is 22.0 Å². The minimum Gasteiger partial charge on any atom is -1.00 e. The number of nitrogens with one attached hydrogen (secondary N) is 2. The predicted octanol–water partition coefficient (Wildman–Crippen LogP) is 0.752. The lowest BCUT2D eigenvalue weighted by molar-refractivity contribution is -0.228. The summed E-state index contributed by atoms with van der Waals surface area (Å²) < 4.78 is 81.1. The molecule has 2 heterocycles. The number of ether oxygens (including phenoxy) is 2. The third-order valence-corrected chi connectivity index (χ3v) is 9.03. The number of carbonyl (C=O) groups excluding carboxylic acids is 2. The van der Waals surface area contributed by atoms with Gasteiger partial charge in [-0.2, -0.15) is 23.9 Å². The van der Waals surface area contributed by atoms with Crippen LogP contribution >= 0.6 is 11.3 Å². The standard InChI is InChI=1S/C34H27F5N6O7S.BrH/c35-20-8-10-24(25(36)12-20)32(50,11-3-5-18-7-9-21(51-27(46)15-41)13-23(18)30(47)48)28(34(42-17-43-45-34)52-31(49)33(37,38)39)29-44-26(16-53-29)22-6-2-1-4-19(22)14-40;/h1-2,4,6-10,12-13,16-17,28,43,45,50H,3,5,11,15,41H2,(H,47,48);1H/q+1;/p-1/t28?,32-,34?;/m0./s1. The molecule has 3 aromatic carbocycles. The Bertz CT molecular complexity index is 2130. The van der Waals surface area contributed by atoms with E-state index in [-0.39, 0.29) is 68.5 Å². The molecule has 0 bridgehead atoms. The van der Waals surface area contributed by atoms with Crippen molar-refractivity contribution in [1.82, 2.24) is 20.8 Å². The summed E-state index contributed by atoms with van der Waals surface area (Å²) in [6.45, 7) is -0.483. The van der Waals surface area contributed by atoms with Gasteiger partial charge in [-0.05, 0) is 54.1 Å². The highest BCUT2D eigenvalue weighted by Crippen LogP contribution is 2.49. The van der Waals surface area contributed by atoms with Crippen LogP contribution in [0, 0.1) is 23.0 Å². The number of aryl methyl sites for hydroxylation is 1. The molecule has 1 aliphatic heterocycles. The van der Waals surface area contributed by atoms with Crippen molar-refractivity contribution in [3.63, 3.8) is 0 Å². The van der Waals surface area contributed by atoms with Gasteiger partial charge < -0.3 is 42.4 Å². The fourth-order valence-corrected chi connectivity index (χ4v) is 6.88. The molecule has 1 aromatic heterocycles. The van der Waals surface area contributed by atoms with Crippen LogP contribution in [0.3, 0.4) is 0 Å². The van der Waals surface area contributed by atoms with Gasteiger partial charge in [-0.1, -0.05) is 35.8 Å². The summed E-state index contributed by atoms with van der Waals surface area (Å²) in [6, 6.07) is 13.9. The SMILES string of the molecule is N#Cc1ccccc1-c1csc(C(C2(OC(=O)C(F)(F)F)[N+]=CNN2)[C@](O)(CCCc2ccc(OC(=O)CN)cc2C(=O)O)c2ccc(F)cc2F)n1.[Br-]. The summed E-state index contributed by atoms with van der Waals surface area (Å²) in [7, 11) is 0. The van der Waals surface area contributed by atoms with E-state index in [4.69, 9.17) is 15.2 Å². The van der Waals surface area contributed by atoms with E-state index in [9.17, 15) is 47.4 Å². The third-order valence-electron chi connectivity index (χ3n) is 8.12. The van der Waals surface area contributed by atoms with Gasteiger partial charge in [0.25, 0.3) is 6.34 Å². The highest BCUT2D eigenvalue weighted by atomic mass is 79.9. The number of esters is 2. The van der Waals surface area contributed by atoms with Gasteiger partial charge in [-0.25, -0.2) is 23.4 Å². The predicted molar refractivity (Wildman–Crippen MR) is 176 cm³/mol. The van der Waals surface area contributed by atoms with Gasteiger partial charge in [0, 0.05) is 22.6 Å². The molecule has 283 valence electrons. The molecule has 13 nitrogen and oxygen atoms in total. The van der Waals surface area contributed by atoms with Gasteiger partial charge >= 0.3 is 29.9 Å². The van der Waals surface area contributed by atoms with Crippen LogP contribution in [0.15, 0.2) is 66.0 Å². The second-order valence-corrected chi connectivity index (χ2v) is 12.4. The number of nitrogens with zero attached hydrogens (tertiary/aromatic N) is 3. The highest BCUT2D eigenvalue weighted by Gasteiger charge is 2.65. The van der Waals surface area contributed by atoms with E-state index in [0.29, 0.717) is 6.07 Å². The van der Waals surface area contributed by atoms with Crippen LogP contribution in [-0.2, 0) is 26.3 Å². The summed E-state index contributed by atoms with van der Waals surface area (Å²) in [5.41, 5.74) is 6.87. The fraction of sp³-hybridized carbons (Fsp3) is 0.235. The number of nitrogens with two attached hydrogens (primary N) is 1. The number of hydrogen-bond donors (Lipinski definition) is 5. The summed E-state index contributed by atoms with van der Waals surface area (Å²) in [6.07, 6.45) is -5.77. The van der Waals surface area contributed by atoms with Crippen LogP contribution in [0.5, 0.6) is 5.75 Å². The number of benzene rings is 3. The smallest absolute Gasteiger partial charge is 0.491 e. The fourth-order valence-electron chi connectivity index (χ4n) is 5.83. The molecule has 0 amide bonds. The molecule has 4 aromatic rings. The number of thiazole rings is 1. The van der Waals surface area contributed by atoms with Crippen LogP contribution in [0.2, 0.25) is 0 Å². The summed E-state index contributed by atoms with van der Waals surface area (Å²) >= 11 is 0.747. The maximum absolute atomic E-state index is 15.8. The van der Waals surface area contributed by atoms with Crippen molar-refractivity contribution in [3.05, 3.63) is 105 Å². The molecule has 1 radical (unpaired) electrons. The quantitative estimate of drug-likeness (QED) is 0.0718. The number of hydrogen-bond acceptors (Lipinski definition) is 13. The minimum absolute atomic E-state index is 0. The zero-order valence-electron chi connectivity index (χ0n) is 27.4. The van der Waals surface area contributed by atoms with E-state index in [2.05, 4.69) is 20.8 Å². The largest absolute Gasteiger partial charge is 1.00 e. The molecule has 0 spiro atoms. The second-order valence-electron chi connectivity index (χ2n) is 11.5. The van der Waals surface area contributed by atoms with E-state index >= 15 is 4.39 Å². The van der Waals surface area contributed by atoms with Crippen molar-refractivity contribution in [1.29, 1.82) is 5.26 Å². The highest BCUT2D eigenvalue weighted by molar-refractivity contribution is 7.10. The van der Waals surface area contributed by atoms with E-state index in [1.807, 2.05) is 6.07 Å². The Hall–Kier alpha value is -5.33. The first-order valence-electron chi connectivity index (χ1n) is 15.4. The molecule has 3 atom stereocenters. The Labute approximate surface area is 317 Å². The number of aliphatic imine (C=N–C) groups is 1. The van der Waals surface area contributed by atoms with Crippen LogP contribution < -0.4 is 43.3 Å². The van der Waals surface area contributed by atoms with Crippen molar-refractivity contribution < 1.29 is 73.0 Å². The number of carboxylic acid groups (broad SMARTS) is 1. The van der Waals surface area contributed by atoms with Gasteiger partial charge in [-0.15, -0.1) is 11.3 Å². The Morgan fingerprint density at radius 1 is 1.11 bits per heavy atom. The average molecular weight is 839 g/mol. The molecule has 0 saturated heterocycles. The monoisotopic (exact) mass is 837 g/mol. The zero-order chi connectivity index (χ0) is 38.6. The van der Waals surface area contributed by atoms with Gasteiger partial charge in [-0.3, -0.25) is 4.79 Å². The van der Waals surface area contributed by atoms with Crippen molar-refractivity contribution in [3.8, 4) is 23.1 Å². The second kappa shape index (κ2) is 16.8. The number of rotatable bonds is 13. The Morgan fingerprint density at radius 3 is 2.48 bits per heavy atom. The lowest BCUT2D eigenvalue weighted by atomic mass is 9.74. The molecule has 2 unspecified atom stereocenters. The lowest BCUT2D eigenvalue weighted by Crippen LogP contribution is -3.00. The number of halogens is 6. The lowest BCUT2D eigenvalue weighted by Gasteiger charge is -2.40. The average Bonchev–Trinajstić information content (AvgIpc) is 3.79.